The first kappa shape index (κ1) is 14.0. The van der Waals surface area contributed by atoms with Gasteiger partial charge in [-0.25, -0.2) is 0 Å². The molecule has 0 spiro atoms. The Kier molecular flexibility index (Phi) is 5.75. The molecule has 2 N–H and O–H groups in total. The standard InChI is InChI=1S/C11H15Br2NO2/c1-7(15-2)6-16-11-9(12)3-8(5-14)4-10(11)13/h3-4,7H,5-6,14H2,1-2H3. The van der Waals surface area contributed by atoms with Gasteiger partial charge in [-0.1, -0.05) is 0 Å². The van der Waals surface area contributed by atoms with E-state index in [1.807, 2.05) is 19.1 Å². The summed E-state index contributed by atoms with van der Waals surface area (Å²) in [7, 11) is 1.66. The quantitative estimate of drug-likeness (QED) is 0.885. The molecule has 1 aromatic rings. The van der Waals surface area contributed by atoms with Gasteiger partial charge in [-0.3, -0.25) is 0 Å². The van der Waals surface area contributed by atoms with E-state index in [1.54, 1.807) is 7.11 Å². The molecular weight excluding hydrogens is 338 g/mol. The van der Waals surface area contributed by atoms with Crippen LogP contribution in [0.3, 0.4) is 0 Å². The Bertz CT molecular complexity index is 335. The predicted octanol–water partition coefficient (Wildman–Crippen LogP) is 3.08. The molecule has 90 valence electrons. The summed E-state index contributed by atoms with van der Waals surface area (Å²) in [6.07, 6.45) is 0.0629. The van der Waals surface area contributed by atoms with Crippen LogP contribution in [-0.2, 0) is 11.3 Å². The third-order valence-corrected chi connectivity index (χ3v) is 3.34. The molecule has 1 atom stereocenters. The zero-order valence-corrected chi connectivity index (χ0v) is 12.5. The van der Waals surface area contributed by atoms with Crippen LogP contribution >= 0.6 is 31.9 Å². The van der Waals surface area contributed by atoms with Gasteiger partial charge < -0.3 is 15.2 Å². The molecule has 0 aliphatic rings. The minimum absolute atomic E-state index is 0.0629. The molecule has 0 aromatic heterocycles. The third kappa shape index (κ3) is 3.73. The molecule has 5 heteroatoms. The molecule has 1 rings (SSSR count). The fraction of sp³-hybridized carbons (Fsp3) is 0.455. The summed E-state index contributed by atoms with van der Waals surface area (Å²) in [4.78, 5) is 0. The van der Waals surface area contributed by atoms with Crippen LogP contribution < -0.4 is 10.5 Å². The lowest BCUT2D eigenvalue weighted by molar-refractivity contribution is 0.0711. The Morgan fingerprint density at radius 1 is 1.31 bits per heavy atom. The van der Waals surface area contributed by atoms with Crippen molar-refractivity contribution in [2.75, 3.05) is 13.7 Å². The molecule has 0 amide bonds. The highest BCUT2D eigenvalue weighted by Crippen LogP contribution is 2.34. The Balaban J connectivity index is 2.80. The number of methoxy groups -OCH3 is 1. The van der Waals surface area contributed by atoms with E-state index in [9.17, 15) is 0 Å². The molecule has 3 nitrogen and oxygen atoms in total. The van der Waals surface area contributed by atoms with Gasteiger partial charge in [-0.15, -0.1) is 0 Å². The summed E-state index contributed by atoms with van der Waals surface area (Å²) in [5.74, 6) is 0.779. The molecule has 0 saturated heterocycles. The zero-order valence-electron chi connectivity index (χ0n) is 9.30. The highest BCUT2D eigenvalue weighted by Gasteiger charge is 2.10. The van der Waals surface area contributed by atoms with Gasteiger partial charge in [0, 0.05) is 13.7 Å². The van der Waals surface area contributed by atoms with Crippen LogP contribution in [0, 0.1) is 0 Å². The van der Waals surface area contributed by atoms with Gasteiger partial charge in [0.2, 0.25) is 0 Å². The molecule has 16 heavy (non-hydrogen) atoms. The summed E-state index contributed by atoms with van der Waals surface area (Å²) < 4.78 is 12.6. The van der Waals surface area contributed by atoms with E-state index < -0.39 is 0 Å². The molecule has 0 aliphatic heterocycles. The van der Waals surface area contributed by atoms with Crippen LogP contribution in [0.1, 0.15) is 12.5 Å². The van der Waals surface area contributed by atoms with Crippen molar-refractivity contribution in [3.63, 3.8) is 0 Å². The van der Waals surface area contributed by atoms with Gasteiger partial charge in [-0.2, -0.15) is 0 Å². The minimum Gasteiger partial charge on any atom is -0.489 e. The van der Waals surface area contributed by atoms with E-state index in [-0.39, 0.29) is 6.10 Å². The summed E-state index contributed by atoms with van der Waals surface area (Å²) in [5, 5.41) is 0. The predicted molar refractivity (Wildman–Crippen MR) is 71.7 cm³/mol. The molecule has 0 bridgehead atoms. The largest absolute Gasteiger partial charge is 0.489 e. The number of hydrogen-bond acceptors (Lipinski definition) is 3. The lowest BCUT2D eigenvalue weighted by Gasteiger charge is -2.14. The number of benzene rings is 1. The van der Waals surface area contributed by atoms with Crippen LogP contribution in [0.2, 0.25) is 0 Å². The summed E-state index contributed by atoms with van der Waals surface area (Å²) >= 11 is 6.92. The van der Waals surface area contributed by atoms with Crippen LogP contribution in [0.15, 0.2) is 21.1 Å². The van der Waals surface area contributed by atoms with Gasteiger partial charge in [0.1, 0.15) is 12.4 Å². The highest BCUT2D eigenvalue weighted by molar-refractivity contribution is 9.11. The monoisotopic (exact) mass is 351 g/mol. The highest BCUT2D eigenvalue weighted by atomic mass is 79.9. The average Bonchev–Trinajstić information content (AvgIpc) is 2.27. The maximum Gasteiger partial charge on any atom is 0.147 e. The molecule has 0 radical (unpaired) electrons. The SMILES string of the molecule is COC(C)COc1c(Br)cc(CN)cc1Br. The first-order valence-electron chi connectivity index (χ1n) is 4.92. The third-order valence-electron chi connectivity index (χ3n) is 2.16. The maximum absolute atomic E-state index is 5.66. The van der Waals surface area contributed by atoms with Crippen molar-refractivity contribution in [3.05, 3.63) is 26.6 Å². The number of rotatable bonds is 5. The van der Waals surface area contributed by atoms with Crippen molar-refractivity contribution in [3.8, 4) is 5.75 Å². The number of hydrogen-bond donors (Lipinski definition) is 1. The van der Waals surface area contributed by atoms with Crippen LogP contribution in [0.25, 0.3) is 0 Å². The van der Waals surface area contributed by atoms with Gasteiger partial charge in [0.15, 0.2) is 0 Å². The van der Waals surface area contributed by atoms with Crippen molar-refractivity contribution in [2.24, 2.45) is 5.73 Å². The molecule has 1 unspecified atom stereocenters. The molecular formula is C11H15Br2NO2. The topological polar surface area (TPSA) is 44.5 Å². The Morgan fingerprint density at radius 2 is 1.88 bits per heavy atom. The summed E-state index contributed by atoms with van der Waals surface area (Å²) in [5.41, 5.74) is 6.63. The van der Waals surface area contributed by atoms with Crippen molar-refractivity contribution in [1.82, 2.24) is 0 Å². The second-order valence-electron chi connectivity index (χ2n) is 3.45. The second-order valence-corrected chi connectivity index (χ2v) is 5.16. The van der Waals surface area contributed by atoms with Gasteiger partial charge in [0.05, 0.1) is 15.0 Å². The normalized spacial score (nSPS) is 12.6. The average molecular weight is 353 g/mol. The van der Waals surface area contributed by atoms with E-state index in [2.05, 4.69) is 31.9 Å². The molecule has 0 fully saturated rings. The Labute approximate surface area is 113 Å². The number of ether oxygens (including phenoxy) is 2. The zero-order chi connectivity index (χ0) is 12.1. The van der Waals surface area contributed by atoms with Gasteiger partial charge in [0.25, 0.3) is 0 Å². The van der Waals surface area contributed by atoms with E-state index >= 15 is 0 Å². The number of halogens is 2. The van der Waals surface area contributed by atoms with Crippen molar-refractivity contribution in [2.45, 2.75) is 19.6 Å². The van der Waals surface area contributed by atoms with Crippen molar-refractivity contribution >= 4 is 31.9 Å². The smallest absolute Gasteiger partial charge is 0.147 e. The van der Waals surface area contributed by atoms with Crippen molar-refractivity contribution in [1.29, 1.82) is 0 Å². The Hall–Kier alpha value is -0.100. The van der Waals surface area contributed by atoms with Crippen LogP contribution in [0.4, 0.5) is 0 Å². The van der Waals surface area contributed by atoms with Crippen LogP contribution in [-0.4, -0.2) is 19.8 Å². The first-order valence-corrected chi connectivity index (χ1v) is 6.50. The van der Waals surface area contributed by atoms with E-state index in [0.717, 1.165) is 20.3 Å². The molecule has 0 saturated carbocycles. The first-order chi connectivity index (χ1) is 7.58. The van der Waals surface area contributed by atoms with Crippen molar-refractivity contribution < 1.29 is 9.47 Å². The fourth-order valence-electron chi connectivity index (χ4n) is 1.14. The van der Waals surface area contributed by atoms with Crippen LogP contribution in [0.5, 0.6) is 5.75 Å². The molecule has 0 aliphatic carbocycles. The number of nitrogens with two attached hydrogens (primary N) is 1. The fourth-order valence-corrected chi connectivity index (χ4v) is 2.65. The summed E-state index contributed by atoms with van der Waals surface area (Å²) in [6.45, 7) is 2.97. The lowest BCUT2D eigenvalue weighted by atomic mass is 10.2. The van der Waals surface area contributed by atoms with Gasteiger partial charge >= 0.3 is 0 Å². The van der Waals surface area contributed by atoms with Gasteiger partial charge in [-0.05, 0) is 56.5 Å². The molecule has 1 aromatic carbocycles. The van der Waals surface area contributed by atoms with E-state index in [0.29, 0.717) is 13.2 Å². The lowest BCUT2D eigenvalue weighted by Crippen LogP contribution is -2.16. The summed E-state index contributed by atoms with van der Waals surface area (Å²) in [6, 6.07) is 3.91. The van der Waals surface area contributed by atoms with E-state index in [1.165, 1.54) is 0 Å². The maximum atomic E-state index is 5.66. The minimum atomic E-state index is 0.0629. The Morgan fingerprint density at radius 3 is 2.31 bits per heavy atom. The molecule has 0 heterocycles. The second kappa shape index (κ2) is 6.59. The van der Waals surface area contributed by atoms with E-state index in [4.69, 9.17) is 15.2 Å².